The van der Waals surface area contributed by atoms with Crippen molar-refractivity contribution in [2.45, 2.75) is 39.3 Å². The monoisotopic (exact) mass is 381 g/mol. The first kappa shape index (κ1) is 19.9. The zero-order valence-electron chi connectivity index (χ0n) is 17.1. The molecule has 0 aliphatic carbocycles. The van der Waals surface area contributed by atoms with E-state index in [1.54, 1.807) is 0 Å². The Morgan fingerprint density at radius 3 is 2.79 bits per heavy atom. The lowest BCUT2D eigenvalue weighted by atomic mass is 10.1. The molecule has 1 saturated heterocycles. The average molecular weight is 382 g/mol. The average Bonchev–Trinajstić information content (AvgIpc) is 3.35. The molecule has 0 bridgehead atoms. The molecule has 7 nitrogen and oxygen atoms in total. The van der Waals surface area contributed by atoms with Gasteiger partial charge in [-0.2, -0.15) is 0 Å². The van der Waals surface area contributed by atoms with E-state index < -0.39 is 0 Å². The van der Waals surface area contributed by atoms with E-state index in [9.17, 15) is 0 Å². The number of nitrogens with one attached hydrogen (secondary N) is 2. The molecule has 150 valence electrons. The number of aryl methyl sites for hydroxylation is 1. The Labute approximate surface area is 167 Å². The normalized spacial score (nSPS) is 15.5. The van der Waals surface area contributed by atoms with E-state index in [0.29, 0.717) is 13.1 Å². The second kappa shape index (κ2) is 9.39. The van der Waals surface area contributed by atoms with E-state index >= 15 is 0 Å². The molecule has 2 N–H and O–H groups in total. The first-order valence-corrected chi connectivity index (χ1v) is 9.94. The van der Waals surface area contributed by atoms with Gasteiger partial charge in [-0.3, -0.25) is 0 Å². The second-order valence-electron chi connectivity index (χ2n) is 7.21. The predicted octanol–water partition coefficient (Wildman–Crippen LogP) is 2.71. The van der Waals surface area contributed by atoms with Gasteiger partial charge in [0, 0.05) is 32.4 Å². The quantitative estimate of drug-likeness (QED) is 0.438. The highest BCUT2D eigenvalue weighted by Gasteiger charge is 2.14. The molecule has 1 atom stereocenters. The van der Waals surface area contributed by atoms with Crippen LogP contribution in [0.2, 0.25) is 0 Å². The fourth-order valence-electron chi connectivity index (χ4n) is 3.31. The van der Waals surface area contributed by atoms with Crippen LogP contribution in [-0.2, 0) is 13.6 Å². The van der Waals surface area contributed by atoms with Crippen LogP contribution in [0.15, 0.2) is 41.9 Å². The van der Waals surface area contributed by atoms with Crippen molar-refractivity contribution in [3.63, 3.8) is 0 Å². The third-order valence-electron chi connectivity index (χ3n) is 5.17. The third kappa shape index (κ3) is 4.91. The Balaban J connectivity index is 1.70. The number of guanidine groups is 1. The van der Waals surface area contributed by atoms with E-state index in [2.05, 4.69) is 68.5 Å². The molecular formula is C21H31N7. The Hall–Kier alpha value is -2.83. The summed E-state index contributed by atoms with van der Waals surface area (Å²) in [6, 6.07) is 8.90. The highest BCUT2D eigenvalue weighted by Crippen LogP contribution is 2.23. The maximum atomic E-state index is 4.68. The molecule has 0 amide bonds. The summed E-state index contributed by atoms with van der Waals surface area (Å²) in [7, 11) is 1.96. The van der Waals surface area contributed by atoms with Crippen LogP contribution in [0.1, 0.15) is 43.0 Å². The van der Waals surface area contributed by atoms with E-state index in [1.165, 1.54) is 24.1 Å². The van der Waals surface area contributed by atoms with Crippen molar-refractivity contribution in [1.29, 1.82) is 0 Å². The lowest BCUT2D eigenvalue weighted by molar-refractivity contribution is 0.684. The molecule has 28 heavy (non-hydrogen) atoms. The summed E-state index contributed by atoms with van der Waals surface area (Å²) in [6.45, 7) is 11.3. The zero-order chi connectivity index (χ0) is 19.9. The summed E-state index contributed by atoms with van der Waals surface area (Å²) < 4.78 is 1.96. The predicted molar refractivity (Wildman–Crippen MR) is 115 cm³/mol. The number of anilines is 1. The van der Waals surface area contributed by atoms with E-state index in [1.807, 2.05) is 24.6 Å². The number of benzene rings is 1. The summed E-state index contributed by atoms with van der Waals surface area (Å²) in [5, 5.41) is 15.1. The number of hydrogen-bond acceptors (Lipinski definition) is 4. The van der Waals surface area contributed by atoms with Crippen molar-refractivity contribution in [3.8, 4) is 0 Å². The highest BCUT2D eigenvalue weighted by molar-refractivity contribution is 5.80. The second-order valence-corrected chi connectivity index (χ2v) is 7.21. The fourth-order valence-corrected chi connectivity index (χ4v) is 3.31. The molecule has 1 aliphatic heterocycles. The van der Waals surface area contributed by atoms with Gasteiger partial charge in [0.05, 0.1) is 6.04 Å². The molecule has 2 aromatic rings. The lowest BCUT2D eigenvalue weighted by Crippen LogP contribution is -2.39. The number of aromatic nitrogens is 3. The molecule has 1 aliphatic rings. The van der Waals surface area contributed by atoms with Gasteiger partial charge in [0.1, 0.15) is 12.4 Å². The Kier molecular flexibility index (Phi) is 6.68. The fraction of sp³-hybridized carbons (Fsp3) is 0.476. The standard InChI is InChI=1S/C21H31N7/c1-5-11-22-21(23-15-20-26-25-17(3)27(20)4)24-16(2)18-9-8-10-19(14-18)28-12-6-7-13-28/h5,8-10,14,16H,1,6-7,11-13,15H2,2-4H3,(H2,22,23,24). The summed E-state index contributed by atoms with van der Waals surface area (Å²) in [5.41, 5.74) is 2.54. The third-order valence-corrected chi connectivity index (χ3v) is 5.17. The van der Waals surface area contributed by atoms with Gasteiger partial charge in [-0.25, -0.2) is 4.99 Å². The van der Waals surface area contributed by atoms with Gasteiger partial charge in [0.25, 0.3) is 0 Å². The van der Waals surface area contributed by atoms with Gasteiger partial charge in [0.15, 0.2) is 11.8 Å². The molecule has 1 aromatic heterocycles. The molecule has 1 fully saturated rings. The van der Waals surface area contributed by atoms with Crippen LogP contribution < -0.4 is 15.5 Å². The summed E-state index contributed by atoms with van der Waals surface area (Å²) in [5.74, 6) is 2.45. The number of rotatable bonds is 7. The minimum Gasteiger partial charge on any atom is -0.372 e. The number of aliphatic imine (C=N–C) groups is 1. The van der Waals surface area contributed by atoms with Gasteiger partial charge in [0.2, 0.25) is 0 Å². The Morgan fingerprint density at radius 1 is 1.32 bits per heavy atom. The molecule has 0 spiro atoms. The van der Waals surface area contributed by atoms with E-state index in [4.69, 9.17) is 0 Å². The zero-order valence-corrected chi connectivity index (χ0v) is 17.1. The molecule has 1 aromatic carbocycles. The minimum absolute atomic E-state index is 0.125. The van der Waals surface area contributed by atoms with Gasteiger partial charge in [-0.1, -0.05) is 18.2 Å². The van der Waals surface area contributed by atoms with Crippen molar-refractivity contribution in [3.05, 3.63) is 54.1 Å². The molecule has 7 heteroatoms. The molecule has 3 rings (SSSR count). The van der Waals surface area contributed by atoms with Crippen LogP contribution in [0, 0.1) is 6.92 Å². The summed E-state index contributed by atoms with van der Waals surface area (Å²) in [4.78, 5) is 7.14. The molecular weight excluding hydrogens is 350 g/mol. The summed E-state index contributed by atoms with van der Waals surface area (Å²) in [6.07, 6.45) is 4.38. The van der Waals surface area contributed by atoms with Crippen molar-refractivity contribution < 1.29 is 0 Å². The largest absolute Gasteiger partial charge is 0.372 e. The van der Waals surface area contributed by atoms with Crippen LogP contribution >= 0.6 is 0 Å². The van der Waals surface area contributed by atoms with Crippen molar-refractivity contribution in [2.75, 3.05) is 24.5 Å². The Morgan fingerprint density at radius 2 is 2.11 bits per heavy atom. The Bertz CT molecular complexity index is 818. The van der Waals surface area contributed by atoms with Crippen LogP contribution in [0.4, 0.5) is 5.69 Å². The topological polar surface area (TPSA) is 70.4 Å². The van der Waals surface area contributed by atoms with Crippen molar-refractivity contribution in [1.82, 2.24) is 25.4 Å². The lowest BCUT2D eigenvalue weighted by Gasteiger charge is -2.22. The van der Waals surface area contributed by atoms with Gasteiger partial charge < -0.3 is 20.1 Å². The van der Waals surface area contributed by atoms with E-state index in [0.717, 1.165) is 30.7 Å². The van der Waals surface area contributed by atoms with Crippen LogP contribution in [0.25, 0.3) is 0 Å². The maximum Gasteiger partial charge on any atom is 0.192 e. The first-order chi connectivity index (χ1) is 13.6. The van der Waals surface area contributed by atoms with Gasteiger partial charge in [-0.05, 0) is 44.4 Å². The molecule has 1 unspecified atom stereocenters. The molecule has 0 saturated carbocycles. The highest BCUT2D eigenvalue weighted by atomic mass is 15.3. The summed E-state index contributed by atoms with van der Waals surface area (Å²) >= 11 is 0. The SMILES string of the molecule is C=CCNC(=NCc1nnc(C)n1C)NC(C)c1cccc(N2CCCC2)c1. The van der Waals surface area contributed by atoms with Crippen molar-refractivity contribution in [2.24, 2.45) is 12.0 Å². The van der Waals surface area contributed by atoms with Gasteiger partial charge in [-0.15, -0.1) is 16.8 Å². The van der Waals surface area contributed by atoms with Crippen LogP contribution in [0.5, 0.6) is 0 Å². The van der Waals surface area contributed by atoms with Crippen LogP contribution in [-0.4, -0.2) is 40.4 Å². The smallest absolute Gasteiger partial charge is 0.192 e. The number of nitrogens with zero attached hydrogens (tertiary/aromatic N) is 5. The number of hydrogen-bond donors (Lipinski definition) is 2. The van der Waals surface area contributed by atoms with E-state index in [-0.39, 0.29) is 6.04 Å². The first-order valence-electron chi connectivity index (χ1n) is 9.94. The van der Waals surface area contributed by atoms with Crippen LogP contribution in [0.3, 0.4) is 0 Å². The van der Waals surface area contributed by atoms with Crippen molar-refractivity contribution >= 4 is 11.6 Å². The maximum absolute atomic E-state index is 4.68. The minimum atomic E-state index is 0.125. The molecule has 2 heterocycles. The molecule has 0 radical (unpaired) electrons. The van der Waals surface area contributed by atoms with Gasteiger partial charge >= 0.3 is 0 Å².